The van der Waals surface area contributed by atoms with E-state index in [0.717, 1.165) is 34.2 Å². The van der Waals surface area contributed by atoms with E-state index >= 15 is 0 Å². The van der Waals surface area contributed by atoms with Gasteiger partial charge in [0.1, 0.15) is 11.2 Å². The van der Waals surface area contributed by atoms with E-state index in [-0.39, 0.29) is 17.0 Å². The summed E-state index contributed by atoms with van der Waals surface area (Å²) in [6, 6.07) is 69.9. The van der Waals surface area contributed by atoms with Crippen LogP contribution in [0, 0.1) is 0 Å². The molecule has 5 heterocycles. The number of anilines is 4. The van der Waals surface area contributed by atoms with Crippen LogP contribution >= 0.6 is 11.3 Å². The molecule has 0 amide bonds. The second-order valence-electron chi connectivity index (χ2n) is 20.9. The van der Waals surface area contributed by atoms with E-state index in [1.165, 1.54) is 104 Å². The highest BCUT2D eigenvalue weighted by atomic mass is 32.1. The Labute approximate surface area is 432 Å². The molecule has 0 fully saturated rings. The number of hydrogen-bond acceptors (Lipinski definition) is 4. The van der Waals surface area contributed by atoms with Gasteiger partial charge in [-0.1, -0.05) is 152 Å². The van der Waals surface area contributed by atoms with Crippen LogP contribution in [0.2, 0.25) is 0 Å². The lowest BCUT2D eigenvalue weighted by Crippen LogP contribution is -2.42. The maximum atomic E-state index is 6.22. The Morgan fingerprint density at radius 3 is 2.23 bits per heavy atom. The van der Waals surface area contributed by atoms with Crippen molar-refractivity contribution >= 4 is 104 Å². The zero-order valence-electron chi connectivity index (χ0n) is 40.9. The number of furan rings is 1. The van der Waals surface area contributed by atoms with Gasteiger partial charge in [0.2, 0.25) is 0 Å². The molecular weight excluding hydrogens is 919 g/mol. The molecule has 74 heavy (non-hydrogen) atoms. The molecule has 9 aromatic carbocycles. The predicted molar refractivity (Wildman–Crippen MR) is 312 cm³/mol. The number of nitrogens with zero attached hydrogens (tertiary/aromatic N) is 3. The lowest BCUT2D eigenvalue weighted by atomic mass is 9.80. The number of fused-ring (bicyclic) bond motifs is 15. The Kier molecular flexibility index (Phi) is 8.65. The molecule has 2 aliphatic heterocycles. The topological polar surface area (TPSA) is 24.6 Å². The fourth-order valence-corrected chi connectivity index (χ4v) is 14.7. The second kappa shape index (κ2) is 15.3. The Morgan fingerprint density at radius 1 is 0.514 bits per heavy atom. The predicted octanol–water partition coefficient (Wildman–Crippen LogP) is 18.6. The fraction of sp³-hybridized carbons (Fsp3) is 0.0870. The molecule has 5 heteroatoms. The van der Waals surface area contributed by atoms with Crippen molar-refractivity contribution in [3.8, 4) is 22.3 Å². The van der Waals surface area contributed by atoms with Crippen molar-refractivity contribution in [3.63, 3.8) is 0 Å². The van der Waals surface area contributed by atoms with Crippen LogP contribution in [0.1, 0.15) is 36.5 Å². The first-order chi connectivity index (χ1) is 36.4. The average molecular weight is 966 g/mol. The molecule has 0 radical (unpaired) electrons. The van der Waals surface area contributed by atoms with Gasteiger partial charge in [0.05, 0.1) is 27.2 Å². The summed E-state index contributed by atoms with van der Waals surface area (Å²) in [5.74, 6) is 0.216. The summed E-state index contributed by atoms with van der Waals surface area (Å²) in [7, 11) is 0. The molecule has 3 unspecified atom stereocenters. The summed E-state index contributed by atoms with van der Waals surface area (Å²) < 4.78 is 11.3. The molecular formula is C69H47N3OS. The SMILES string of the molecule is CC12C=CC=C=C1c1ccccc1N2c1cccc(-c2cc(N3c4ccccc4C4C=CC=CC43C)c3sc4c(-c5ccc6c(c5)c5ccccc5n6Cc5ccc6oc7ccccc7c6c5)cccc4c3c2)c1. The van der Waals surface area contributed by atoms with Crippen molar-refractivity contribution in [2.45, 2.75) is 37.4 Å². The van der Waals surface area contributed by atoms with Gasteiger partial charge in [0, 0.05) is 83.0 Å². The summed E-state index contributed by atoms with van der Waals surface area (Å²) in [5.41, 5.74) is 22.0. The van der Waals surface area contributed by atoms with Crippen LogP contribution in [0.3, 0.4) is 0 Å². The monoisotopic (exact) mass is 965 g/mol. The summed E-state index contributed by atoms with van der Waals surface area (Å²) in [5, 5.41) is 7.38. The number of para-hydroxylation sites is 4. The molecule has 3 aromatic heterocycles. The smallest absolute Gasteiger partial charge is 0.135 e. The minimum atomic E-state index is -0.362. The molecule has 12 aromatic rings. The summed E-state index contributed by atoms with van der Waals surface area (Å²) in [4.78, 5) is 5.15. The van der Waals surface area contributed by atoms with Gasteiger partial charge in [-0.15, -0.1) is 17.1 Å². The van der Waals surface area contributed by atoms with Gasteiger partial charge in [-0.2, -0.15) is 0 Å². The number of hydrogen-bond donors (Lipinski definition) is 0. The van der Waals surface area contributed by atoms with E-state index in [0.29, 0.717) is 0 Å². The van der Waals surface area contributed by atoms with Crippen LogP contribution in [0.25, 0.3) is 91.7 Å². The first-order valence-corrected chi connectivity index (χ1v) is 26.5. The van der Waals surface area contributed by atoms with E-state index in [1.54, 1.807) is 0 Å². The number of aromatic nitrogens is 1. The largest absolute Gasteiger partial charge is 0.456 e. The molecule has 2 aliphatic carbocycles. The molecule has 350 valence electrons. The van der Waals surface area contributed by atoms with Gasteiger partial charge in [-0.25, -0.2) is 0 Å². The number of rotatable bonds is 6. The maximum absolute atomic E-state index is 6.22. The van der Waals surface area contributed by atoms with Gasteiger partial charge in [0.15, 0.2) is 0 Å². The lowest BCUT2D eigenvalue weighted by molar-refractivity contribution is 0.543. The third kappa shape index (κ3) is 5.79. The van der Waals surface area contributed by atoms with Crippen LogP contribution in [0.5, 0.6) is 0 Å². The lowest BCUT2D eigenvalue weighted by Gasteiger charge is -2.39. The molecule has 4 aliphatic rings. The van der Waals surface area contributed by atoms with Crippen molar-refractivity contribution in [3.05, 3.63) is 253 Å². The van der Waals surface area contributed by atoms with E-state index in [4.69, 9.17) is 4.42 Å². The van der Waals surface area contributed by atoms with Crippen LogP contribution in [-0.4, -0.2) is 15.6 Å². The van der Waals surface area contributed by atoms with Gasteiger partial charge in [0.25, 0.3) is 0 Å². The minimum Gasteiger partial charge on any atom is -0.456 e. The molecule has 0 spiro atoms. The summed E-state index contributed by atoms with van der Waals surface area (Å²) >= 11 is 1.93. The highest BCUT2D eigenvalue weighted by Gasteiger charge is 2.48. The molecule has 16 rings (SSSR count). The highest BCUT2D eigenvalue weighted by molar-refractivity contribution is 7.27. The third-order valence-corrected chi connectivity index (χ3v) is 18.0. The molecule has 0 saturated heterocycles. The molecule has 3 atom stereocenters. The fourth-order valence-electron chi connectivity index (χ4n) is 13.3. The Morgan fingerprint density at radius 2 is 1.28 bits per heavy atom. The maximum Gasteiger partial charge on any atom is 0.135 e. The average Bonchev–Trinajstić information content (AvgIpc) is 4.23. The molecule has 0 N–H and O–H groups in total. The van der Waals surface area contributed by atoms with Gasteiger partial charge >= 0.3 is 0 Å². The van der Waals surface area contributed by atoms with Crippen molar-refractivity contribution in [1.82, 2.24) is 4.57 Å². The molecule has 0 bridgehead atoms. The molecule has 0 saturated carbocycles. The Bertz CT molecular complexity index is 4590. The van der Waals surface area contributed by atoms with E-state index in [9.17, 15) is 0 Å². The number of allylic oxidation sites excluding steroid dienone is 3. The standard InChI is InChI=1S/C69H47N3OS/c1-68-35-13-11-25-57(68)52-21-4-8-28-61(52)71(68)47-18-15-17-44(38-47)46-40-56-51-24-16-23-48(66(51)74-67(56)63(41-46)72-62-29-9-5-22-53(62)58-26-12-14-36-69(58,72)2)45-32-33-60-54(39-45)49-19-3-7-27-59(49)70(60)42-43-31-34-65-55(37-43)50-20-6-10-30-64(50)73-65/h3-24,26-41,58H,42H2,1-2H3. The van der Waals surface area contributed by atoms with Gasteiger partial charge in [-0.05, 0) is 126 Å². The van der Waals surface area contributed by atoms with Crippen LogP contribution < -0.4 is 9.80 Å². The van der Waals surface area contributed by atoms with E-state index in [2.05, 4.69) is 252 Å². The number of thiophene rings is 1. The first kappa shape index (κ1) is 41.7. The van der Waals surface area contributed by atoms with Gasteiger partial charge in [-0.3, -0.25) is 0 Å². The molecule has 4 nitrogen and oxygen atoms in total. The number of benzene rings is 9. The van der Waals surface area contributed by atoms with E-state index < -0.39 is 0 Å². The van der Waals surface area contributed by atoms with Crippen molar-refractivity contribution in [2.75, 3.05) is 9.80 Å². The second-order valence-corrected chi connectivity index (χ2v) is 21.9. The zero-order chi connectivity index (χ0) is 48.9. The third-order valence-electron chi connectivity index (χ3n) is 16.7. The van der Waals surface area contributed by atoms with Crippen LogP contribution in [-0.2, 0) is 6.54 Å². The van der Waals surface area contributed by atoms with Crippen molar-refractivity contribution < 1.29 is 4.42 Å². The van der Waals surface area contributed by atoms with Crippen LogP contribution in [0.4, 0.5) is 22.7 Å². The zero-order valence-corrected chi connectivity index (χ0v) is 41.7. The summed E-state index contributed by atoms with van der Waals surface area (Å²) in [6.45, 7) is 5.49. The van der Waals surface area contributed by atoms with E-state index in [1.807, 2.05) is 23.5 Å². The highest BCUT2D eigenvalue weighted by Crippen LogP contribution is 2.58. The normalized spacial score (nSPS) is 19.4. The Balaban J connectivity index is 0.877. The summed E-state index contributed by atoms with van der Waals surface area (Å²) in [6.07, 6.45) is 15.8. The van der Waals surface area contributed by atoms with Gasteiger partial charge < -0.3 is 18.8 Å². The quantitative estimate of drug-likeness (QED) is 0.155. The first-order valence-electron chi connectivity index (χ1n) is 25.7. The van der Waals surface area contributed by atoms with Crippen LogP contribution in [0.15, 0.2) is 241 Å². The Hall–Kier alpha value is -8.86. The minimum absolute atomic E-state index is 0.216. The van der Waals surface area contributed by atoms with Crippen molar-refractivity contribution in [1.29, 1.82) is 0 Å². The van der Waals surface area contributed by atoms with Crippen molar-refractivity contribution in [2.24, 2.45) is 0 Å².